The van der Waals surface area contributed by atoms with E-state index in [1.165, 1.54) is 12.1 Å². The van der Waals surface area contributed by atoms with E-state index >= 15 is 0 Å². The van der Waals surface area contributed by atoms with Crippen molar-refractivity contribution < 1.29 is 9.13 Å². The quantitative estimate of drug-likeness (QED) is 0.933. The Kier molecular flexibility index (Phi) is 3.56. The summed E-state index contributed by atoms with van der Waals surface area (Å²) in [7, 11) is 0. The van der Waals surface area contributed by atoms with Crippen LogP contribution in [0.4, 0.5) is 10.1 Å². The molecule has 104 valence electrons. The summed E-state index contributed by atoms with van der Waals surface area (Å²) in [5.41, 5.74) is 8.87. The minimum atomic E-state index is -0.205. The zero-order valence-corrected chi connectivity index (χ0v) is 11.2. The predicted molar refractivity (Wildman–Crippen MR) is 77.3 cm³/mol. The highest BCUT2D eigenvalue weighted by molar-refractivity contribution is 5.61. The molecule has 0 radical (unpaired) electrons. The van der Waals surface area contributed by atoms with E-state index in [-0.39, 0.29) is 5.82 Å². The molecule has 2 aromatic carbocycles. The number of hydrogen-bond acceptors (Lipinski definition) is 3. The molecular formula is C16H17FN2O. The Morgan fingerprint density at radius 2 is 1.85 bits per heavy atom. The van der Waals surface area contributed by atoms with Crippen LogP contribution in [0.25, 0.3) is 0 Å². The molecule has 2 aromatic rings. The third kappa shape index (κ3) is 2.60. The molecule has 20 heavy (non-hydrogen) atoms. The van der Waals surface area contributed by atoms with Crippen LogP contribution in [0.3, 0.4) is 0 Å². The number of benzene rings is 2. The van der Waals surface area contributed by atoms with Crippen molar-refractivity contribution in [2.24, 2.45) is 5.73 Å². The Bertz CT molecular complexity index is 598. The molecule has 0 spiro atoms. The minimum absolute atomic E-state index is 0.205. The first-order valence-electron chi connectivity index (χ1n) is 6.71. The SMILES string of the molecule is NCc1ccc2c(c1)OCCN2Cc1ccc(F)cc1. The first-order chi connectivity index (χ1) is 9.76. The Hall–Kier alpha value is -2.07. The molecule has 0 aromatic heterocycles. The van der Waals surface area contributed by atoms with Gasteiger partial charge in [0.25, 0.3) is 0 Å². The first kappa shape index (κ1) is 12.9. The summed E-state index contributed by atoms with van der Waals surface area (Å²) in [6.07, 6.45) is 0. The molecule has 0 aliphatic carbocycles. The van der Waals surface area contributed by atoms with Crippen molar-refractivity contribution in [3.8, 4) is 5.75 Å². The molecule has 0 saturated heterocycles. The minimum Gasteiger partial charge on any atom is -0.490 e. The summed E-state index contributed by atoms with van der Waals surface area (Å²) >= 11 is 0. The van der Waals surface area contributed by atoms with Crippen molar-refractivity contribution in [1.82, 2.24) is 0 Å². The molecular weight excluding hydrogens is 255 g/mol. The van der Waals surface area contributed by atoms with Gasteiger partial charge in [-0.1, -0.05) is 18.2 Å². The molecule has 1 aliphatic heterocycles. The number of halogens is 1. The second-order valence-electron chi connectivity index (χ2n) is 4.90. The van der Waals surface area contributed by atoms with Gasteiger partial charge in [0, 0.05) is 13.1 Å². The Morgan fingerprint density at radius 1 is 1.10 bits per heavy atom. The van der Waals surface area contributed by atoms with Crippen molar-refractivity contribution in [3.05, 3.63) is 59.4 Å². The van der Waals surface area contributed by atoms with Crippen LogP contribution in [-0.2, 0) is 13.1 Å². The van der Waals surface area contributed by atoms with E-state index in [2.05, 4.69) is 4.90 Å². The van der Waals surface area contributed by atoms with Gasteiger partial charge in [0.2, 0.25) is 0 Å². The zero-order valence-electron chi connectivity index (χ0n) is 11.2. The molecule has 2 N–H and O–H groups in total. The lowest BCUT2D eigenvalue weighted by Crippen LogP contribution is -2.32. The third-order valence-electron chi connectivity index (χ3n) is 3.51. The average molecular weight is 272 g/mol. The Balaban J connectivity index is 1.84. The number of rotatable bonds is 3. The van der Waals surface area contributed by atoms with Crippen molar-refractivity contribution in [2.75, 3.05) is 18.1 Å². The molecule has 0 amide bonds. The van der Waals surface area contributed by atoms with Gasteiger partial charge >= 0.3 is 0 Å². The summed E-state index contributed by atoms with van der Waals surface area (Å²) in [5, 5.41) is 0. The van der Waals surface area contributed by atoms with E-state index in [1.54, 1.807) is 0 Å². The van der Waals surface area contributed by atoms with Gasteiger partial charge in [-0.3, -0.25) is 0 Å². The fourth-order valence-corrected chi connectivity index (χ4v) is 2.42. The van der Waals surface area contributed by atoms with Crippen LogP contribution in [0.5, 0.6) is 5.75 Å². The first-order valence-corrected chi connectivity index (χ1v) is 6.71. The van der Waals surface area contributed by atoms with Crippen LogP contribution < -0.4 is 15.4 Å². The predicted octanol–water partition coefficient (Wildman–Crippen LogP) is 2.68. The van der Waals surface area contributed by atoms with E-state index < -0.39 is 0 Å². The monoisotopic (exact) mass is 272 g/mol. The van der Waals surface area contributed by atoms with Gasteiger partial charge in [0.05, 0.1) is 12.2 Å². The topological polar surface area (TPSA) is 38.5 Å². The Morgan fingerprint density at radius 3 is 2.60 bits per heavy atom. The molecule has 0 bridgehead atoms. The van der Waals surface area contributed by atoms with E-state index in [0.29, 0.717) is 13.2 Å². The summed E-state index contributed by atoms with van der Waals surface area (Å²) in [5.74, 6) is 0.671. The summed E-state index contributed by atoms with van der Waals surface area (Å²) in [4.78, 5) is 2.24. The molecule has 3 nitrogen and oxygen atoms in total. The van der Waals surface area contributed by atoms with Crippen LogP contribution in [0, 0.1) is 5.82 Å². The maximum atomic E-state index is 12.9. The number of nitrogens with zero attached hydrogens (tertiary/aromatic N) is 1. The molecule has 1 heterocycles. The highest BCUT2D eigenvalue weighted by Gasteiger charge is 2.18. The number of fused-ring (bicyclic) bond motifs is 1. The second-order valence-corrected chi connectivity index (χ2v) is 4.90. The van der Waals surface area contributed by atoms with Gasteiger partial charge in [-0.2, -0.15) is 0 Å². The summed E-state index contributed by atoms with van der Waals surface area (Å²) < 4.78 is 18.6. The maximum Gasteiger partial charge on any atom is 0.143 e. The van der Waals surface area contributed by atoms with Gasteiger partial charge in [0.15, 0.2) is 0 Å². The van der Waals surface area contributed by atoms with Crippen molar-refractivity contribution in [1.29, 1.82) is 0 Å². The standard InChI is InChI=1S/C16H17FN2O/c17-14-4-1-12(2-5-14)11-19-7-8-20-16-9-13(10-18)3-6-15(16)19/h1-6,9H,7-8,10-11,18H2. The molecule has 0 unspecified atom stereocenters. The largest absolute Gasteiger partial charge is 0.490 e. The van der Waals surface area contributed by atoms with E-state index in [1.807, 2.05) is 30.3 Å². The number of hydrogen-bond donors (Lipinski definition) is 1. The highest BCUT2D eigenvalue weighted by atomic mass is 19.1. The maximum absolute atomic E-state index is 12.9. The van der Waals surface area contributed by atoms with Crippen LogP contribution in [0.15, 0.2) is 42.5 Å². The van der Waals surface area contributed by atoms with Crippen LogP contribution in [0.1, 0.15) is 11.1 Å². The van der Waals surface area contributed by atoms with Gasteiger partial charge in [-0.15, -0.1) is 0 Å². The molecule has 4 heteroatoms. The van der Waals surface area contributed by atoms with E-state index in [4.69, 9.17) is 10.5 Å². The summed E-state index contributed by atoms with van der Waals surface area (Å²) in [6, 6.07) is 12.7. The molecule has 0 saturated carbocycles. The lowest BCUT2D eigenvalue weighted by molar-refractivity contribution is 0.306. The van der Waals surface area contributed by atoms with Gasteiger partial charge < -0.3 is 15.4 Å². The highest BCUT2D eigenvalue weighted by Crippen LogP contribution is 2.33. The van der Waals surface area contributed by atoms with Crippen molar-refractivity contribution in [2.45, 2.75) is 13.1 Å². The van der Waals surface area contributed by atoms with Crippen LogP contribution in [-0.4, -0.2) is 13.2 Å². The molecule has 3 rings (SSSR count). The molecule has 0 atom stereocenters. The summed E-state index contributed by atoms with van der Waals surface area (Å²) in [6.45, 7) is 2.74. The van der Waals surface area contributed by atoms with E-state index in [0.717, 1.165) is 35.7 Å². The fraction of sp³-hybridized carbons (Fsp3) is 0.250. The Labute approximate surface area is 117 Å². The smallest absolute Gasteiger partial charge is 0.143 e. The second kappa shape index (κ2) is 5.51. The van der Waals surface area contributed by atoms with Crippen LogP contribution in [0.2, 0.25) is 0 Å². The molecule has 0 fully saturated rings. The number of ether oxygens (including phenoxy) is 1. The molecule has 1 aliphatic rings. The van der Waals surface area contributed by atoms with E-state index in [9.17, 15) is 4.39 Å². The zero-order chi connectivity index (χ0) is 13.9. The average Bonchev–Trinajstić information content (AvgIpc) is 2.49. The van der Waals surface area contributed by atoms with Gasteiger partial charge in [-0.05, 0) is 35.4 Å². The lowest BCUT2D eigenvalue weighted by atomic mass is 10.1. The lowest BCUT2D eigenvalue weighted by Gasteiger charge is -2.31. The van der Waals surface area contributed by atoms with Gasteiger partial charge in [0.1, 0.15) is 18.2 Å². The third-order valence-corrected chi connectivity index (χ3v) is 3.51. The van der Waals surface area contributed by atoms with Crippen molar-refractivity contribution in [3.63, 3.8) is 0 Å². The fourth-order valence-electron chi connectivity index (χ4n) is 2.42. The number of anilines is 1. The van der Waals surface area contributed by atoms with Crippen LogP contribution >= 0.6 is 0 Å². The van der Waals surface area contributed by atoms with Crippen molar-refractivity contribution >= 4 is 5.69 Å². The van der Waals surface area contributed by atoms with Gasteiger partial charge in [-0.25, -0.2) is 4.39 Å². The normalized spacial score (nSPS) is 13.8. The number of nitrogens with two attached hydrogens (primary N) is 1.